The van der Waals surface area contributed by atoms with Crippen LogP contribution in [0, 0.1) is 5.82 Å². The van der Waals surface area contributed by atoms with Crippen molar-refractivity contribution < 1.29 is 9.50 Å². The summed E-state index contributed by atoms with van der Waals surface area (Å²) >= 11 is 12.0. The second kappa shape index (κ2) is 6.13. The Labute approximate surface area is 128 Å². The molecule has 0 bridgehead atoms. The third-order valence-corrected chi connectivity index (χ3v) is 3.67. The standard InChI is InChI=1S/C16H15Cl2FO/c1-16(20,9-11-2-6-14(19)7-3-11)10-12-4-5-13(17)8-15(12)18/h2-8,20H,9-10H2,1H3. The zero-order chi connectivity index (χ0) is 14.8. The van der Waals surface area contributed by atoms with Crippen molar-refractivity contribution in [1.29, 1.82) is 0 Å². The van der Waals surface area contributed by atoms with Gasteiger partial charge in [0.1, 0.15) is 5.82 Å². The molecule has 0 aliphatic heterocycles. The first-order valence-electron chi connectivity index (χ1n) is 6.26. The van der Waals surface area contributed by atoms with Gasteiger partial charge >= 0.3 is 0 Å². The first-order chi connectivity index (χ1) is 9.35. The summed E-state index contributed by atoms with van der Waals surface area (Å²) in [6, 6.07) is 11.3. The van der Waals surface area contributed by atoms with Crippen molar-refractivity contribution in [3.05, 3.63) is 69.5 Å². The second-order valence-electron chi connectivity index (χ2n) is 5.21. The Morgan fingerprint density at radius 2 is 1.70 bits per heavy atom. The molecule has 2 rings (SSSR count). The minimum Gasteiger partial charge on any atom is -0.389 e. The van der Waals surface area contributed by atoms with E-state index in [-0.39, 0.29) is 5.82 Å². The fourth-order valence-corrected chi connectivity index (χ4v) is 2.66. The van der Waals surface area contributed by atoms with Crippen LogP contribution in [-0.4, -0.2) is 10.7 Å². The van der Waals surface area contributed by atoms with E-state index in [4.69, 9.17) is 23.2 Å². The van der Waals surface area contributed by atoms with Crippen molar-refractivity contribution in [1.82, 2.24) is 0 Å². The van der Waals surface area contributed by atoms with Gasteiger partial charge in [0.15, 0.2) is 0 Å². The molecular formula is C16H15Cl2FO. The summed E-state index contributed by atoms with van der Waals surface area (Å²) in [4.78, 5) is 0. The van der Waals surface area contributed by atoms with Crippen LogP contribution in [0.1, 0.15) is 18.1 Å². The van der Waals surface area contributed by atoms with Crippen molar-refractivity contribution >= 4 is 23.2 Å². The highest BCUT2D eigenvalue weighted by Crippen LogP contribution is 2.26. The van der Waals surface area contributed by atoms with E-state index in [1.807, 2.05) is 6.07 Å². The summed E-state index contributed by atoms with van der Waals surface area (Å²) in [7, 11) is 0. The van der Waals surface area contributed by atoms with E-state index in [9.17, 15) is 9.50 Å². The van der Waals surface area contributed by atoms with Crippen LogP contribution in [0.5, 0.6) is 0 Å². The average molecular weight is 313 g/mol. The van der Waals surface area contributed by atoms with Crippen LogP contribution in [0.2, 0.25) is 10.0 Å². The smallest absolute Gasteiger partial charge is 0.123 e. The molecule has 0 saturated heterocycles. The van der Waals surface area contributed by atoms with Gasteiger partial charge in [-0.3, -0.25) is 0 Å². The van der Waals surface area contributed by atoms with Crippen LogP contribution < -0.4 is 0 Å². The molecule has 1 N–H and O–H groups in total. The highest BCUT2D eigenvalue weighted by molar-refractivity contribution is 6.35. The molecule has 1 unspecified atom stereocenters. The summed E-state index contributed by atoms with van der Waals surface area (Å²) in [6.07, 6.45) is 0.826. The highest BCUT2D eigenvalue weighted by Gasteiger charge is 2.22. The predicted octanol–water partition coefficient (Wildman–Crippen LogP) is 4.67. The number of hydrogen-bond acceptors (Lipinski definition) is 1. The van der Waals surface area contributed by atoms with Crippen molar-refractivity contribution in [2.24, 2.45) is 0 Å². The fourth-order valence-electron chi connectivity index (χ4n) is 2.18. The molecular weight excluding hydrogens is 298 g/mol. The molecule has 0 spiro atoms. The Morgan fingerprint density at radius 3 is 2.30 bits per heavy atom. The quantitative estimate of drug-likeness (QED) is 0.870. The van der Waals surface area contributed by atoms with Gasteiger partial charge in [-0.05, 0) is 42.3 Å². The first-order valence-corrected chi connectivity index (χ1v) is 7.02. The Hall–Kier alpha value is -1.09. The summed E-state index contributed by atoms with van der Waals surface area (Å²) in [6.45, 7) is 1.74. The number of hydrogen-bond donors (Lipinski definition) is 1. The summed E-state index contributed by atoms with van der Waals surface area (Å²) < 4.78 is 12.9. The summed E-state index contributed by atoms with van der Waals surface area (Å²) in [5, 5.41) is 11.6. The van der Waals surface area contributed by atoms with E-state index in [2.05, 4.69) is 0 Å². The Kier molecular flexibility index (Phi) is 4.69. The van der Waals surface area contributed by atoms with Gasteiger partial charge in [0.25, 0.3) is 0 Å². The summed E-state index contributed by atoms with van der Waals surface area (Å²) in [5.41, 5.74) is 0.750. The van der Waals surface area contributed by atoms with Gasteiger partial charge in [0, 0.05) is 22.9 Å². The lowest BCUT2D eigenvalue weighted by Gasteiger charge is -2.24. The van der Waals surface area contributed by atoms with Gasteiger partial charge in [-0.25, -0.2) is 4.39 Å². The maximum absolute atomic E-state index is 12.9. The second-order valence-corrected chi connectivity index (χ2v) is 6.06. The lowest BCUT2D eigenvalue weighted by atomic mass is 9.90. The maximum atomic E-state index is 12.9. The van der Waals surface area contributed by atoms with Crippen LogP contribution in [-0.2, 0) is 12.8 Å². The number of halogens is 3. The molecule has 0 fully saturated rings. The minimum absolute atomic E-state index is 0.283. The van der Waals surface area contributed by atoms with E-state index in [0.717, 1.165) is 11.1 Å². The zero-order valence-electron chi connectivity index (χ0n) is 11.0. The predicted molar refractivity (Wildman–Crippen MR) is 80.9 cm³/mol. The molecule has 2 aromatic carbocycles. The molecule has 0 aliphatic carbocycles. The highest BCUT2D eigenvalue weighted by atomic mass is 35.5. The molecule has 4 heteroatoms. The monoisotopic (exact) mass is 312 g/mol. The van der Waals surface area contributed by atoms with Gasteiger partial charge in [0.2, 0.25) is 0 Å². The van der Waals surface area contributed by atoms with E-state index < -0.39 is 5.60 Å². The molecule has 106 valence electrons. The molecule has 2 aromatic rings. The number of rotatable bonds is 4. The SMILES string of the molecule is CC(O)(Cc1ccc(F)cc1)Cc1ccc(Cl)cc1Cl. The molecule has 0 heterocycles. The Bertz CT molecular complexity index is 594. The van der Waals surface area contributed by atoms with Crippen LogP contribution >= 0.6 is 23.2 Å². The molecule has 0 aliphatic rings. The molecule has 0 saturated carbocycles. The van der Waals surface area contributed by atoms with Crippen molar-refractivity contribution in [2.45, 2.75) is 25.4 Å². The maximum Gasteiger partial charge on any atom is 0.123 e. The van der Waals surface area contributed by atoms with Crippen LogP contribution in [0.3, 0.4) is 0 Å². The van der Waals surface area contributed by atoms with Crippen molar-refractivity contribution in [3.63, 3.8) is 0 Å². The lowest BCUT2D eigenvalue weighted by Crippen LogP contribution is -2.30. The van der Waals surface area contributed by atoms with Crippen LogP contribution in [0.15, 0.2) is 42.5 Å². The van der Waals surface area contributed by atoms with Gasteiger partial charge in [-0.2, -0.15) is 0 Å². The van der Waals surface area contributed by atoms with E-state index in [0.29, 0.717) is 22.9 Å². The molecule has 0 amide bonds. The molecule has 1 atom stereocenters. The van der Waals surface area contributed by atoms with Gasteiger partial charge in [-0.15, -0.1) is 0 Å². The van der Waals surface area contributed by atoms with E-state index in [1.165, 1.54) is 12.1 Å². The lowest BCUT2D eigenvalue weighted by molar-refractivity contribution is 0.0608. The van der Waals surface area contributed by atoms with Crippen molar-refractivity contribution in [3.8, 4) is 0 Å². The third kappa shape index (κ3) is 4.20. The summed E-state index contributed by atoms with van der Waals surface area (Å²) in [5.74, 6) is -0.283. The minimum atomic E-state index is -0.963. The number of benzene rings is 2. The number of aliphatic hydroxyl groups is 1. The molecule has 0 radical (unpaired) electrons. The molecule has 0 aromatic heterocycles. The third-order valence-electron chi connectivity index (χ3n) is 3.08. The first kappa shape index (κ1) is 15.3. The fraction of sp³-hybridized carbons (Fsp3) is 0.250. The van der Waals surface area contributed by atoms with E-state index >= 15 is 0 Å². The largest absolute Gasteiger partial charge is 0.389 e. The van der Waals surface area contributed by atoms with Crippen LogP contribution in [0.25, 0.3) is 0 Å². The van der Waals surface area contributed by atoms with E-state index in [1.54, 1.807) is 31.2 Å². The van der Waals surface area contributed by atoms with Gasteiger partial charge in [-0.1, -0.05) is 41.4 Å². The Balaban J connectivity index is 2.12. The molecule has 1 nitrogen and oxygen atoms in total. The topological polar surface area (TPSA) is 20.2 Å². The Morgan fingerprint density at radius 1 is 1.05 bits per heavy atom. The van der Waals surface area contributed by atoms with Crippen molar-refractivity contribution in [2.75, 3.05) is 0 Å². The molecule has 20 heavy (non-hydrogen) atoms. The zero-order valence-corrected chi connectivity index (χ0v) is 12.5. The van der Waals surface area contributed by atoms with Gasteiger partial charge in [0.05, 0.1) is 5.60 Å². The van der Waals surface area contributed by atoms with Crippen LogP contribution in [0.4, 0.5) is 4.39 Å². The normalized spacial score (nSPS) is 14.1. The van der Waals surface area contributed by atoms with Gasteiger partial charge < -0.3 is 5.11 Å². The average Bonchev–Trinajstić information content (AvgIpc) is 2.35.